The molecule has 1 heterocycles. The highest BCUT2D eigenvalue weighted by molar-refractivity contribution is 5.27. The minimum atomic E-state index is 0.837. The van der Waals surface area contributed by atoms with Gasteiger partial charge < -0.3 is 10.1 Å². The number of hydrogen-bond donors (Lipinski definition) is 1. The van der Waals surface area contributed by atoms with Gasteiger partial charge in [0, 0.05) is 0 Å². The molecule has 1 N–H and O–H groups in total. The Morgan fingerprint density at radius 3 is 2.56 bits per heavy atom. The van der Waals surface area contributed by atoms with Crippen LogP contribution in [-0.4, -0.2) is 19.7 Å². The Morgan fingerprint density at radius 2 is 1.89 bits per heavy atom. The Hall–Kier alpha value is -1.02. The number of hydrogen-bond acceptors (Lipinski definition) is 2. The summed E-state index contributed by atoms with van der Waals surface area (Å²) < 4.78 is 5.68. The number of unbranched alkanes of at least 4 members (excludes halogenated alkanes) is 1. The molecule has 1 saturated heterocycles. The van der Waals surface area contributed by atoms with Crippen molar-refractivity contribution in [2.45, 2.75) is 39.0 Å². The van der Waals surface area contributed by atoms with E-state index in [4.69, 9.17) is 4.74 Å². The molecule has 0 atom stereocenters. The largest absolute Gasteiger partial charge is 0.494 e. The van der Waals surface area contributed by atoms with Crippen molar-refractivity contribution >= 4 is 0 Å². The summed E-state index contributed by atoms with van der Waals surface area (Å²) in [4.78, 5) is 0. The van der Waals surface area contributed by atoms with E-state index in [0.29, 0.717) is 0 Å². The number of ether oxygens (including phenoxy) is 1. The molecule has 1 fully saturated rings. The molecule has 1 aliphatic rings. The molecule has 0 spiro atoms. The molecule has 0 bridgehead atoms. The van der Waals surface area contributed by atoms with Crippen LogP contribution in [0.3, 0.4) is 0 Å². The molecule has 0 aromatic heterocycles. The second kappa shape index (κ2) is 7.42. The summed E-state index contributed by atoms with van der Waals surface area (Å²) in [6.07, 6.45) is 6.17. The fourth-order valence-corrected chi connectivity index (χ4v) is 2.48. The smallest absolute Gasteiger partial charge is 0.119 e. The van der Waals surface area contributed by atoms with Gasteiger partial charge in [0.05, 0.1) is 6.61 Å². The molecule has 1 aromatic carbocycles. The molecular weight excluding hydrogens is 222 g/mol. The highest BCUT2D eigenvalue weighted by Gasteiger charge is 2.13. The van der Waals surface area contributed by atoms with Crippen LogP contribution in [0.5, 0.6) is 5.75 Å². The van der Waals surface area contributed by atoms with Crippen LogP contribution in [0.15, 0.2) is 24.3 Å². The average molecular weight is 247 g/mol. The summed E-state index contributed by atoms with van der Waals surface area (Å²) in [7, 11) is 0. The standard InChI is InChI=1S/C16H25NO/c1-2-3-12-18-16-6-4-14(5-7-16)13-15-8-10-17-11-9-15/h4-7,15,17H,2-3,8-13H2,1H3. The maximum Gasteiger partial charge on any atom is 0.119 e. The van der Waals surface area contributed by atoms with Gasteiger partial charge in [0.15, 0.2) is 0 Å². The van der Waals surface area contributed by atoms with Gasteiger partial charge in [-0.3, -0.25) is 0 Å². The predicted molar refractivity (Wildman–Crippen MR) is 76.1 cm³/mol. The van der Waals surface area contributed by atoms with Crippen molar-refractivity contribution in [2.24, 2.45) is 5.92 Å². The Kier molecular flexibility index (Phi) is 5.53. The van der Waals surface area contributed by atoms with Gasteiger partial charge in [-0.1, -0.05) is 25.5 Å². The maximum absolute atomic E-state index is 5.68. The molecule has 1 aromatic rings. The quantitative estimate of drug-likeness (QED) is 0.778. The molecule has 0 amide bonds. The molecule has 0 unspecified atom stereocenters. The fraction of sp³-hybridized carbons (Fsp3) is 0.625. The van der Waals surface area contributed by atoms with Gasteiger partial charge in [-0.15, -0.1) is 0 Å². The van der Waals surface area contributed by atoms with Crippen molar-refractivity contribution < 1.29 is 4.74 Å². The topological polar surface area (TPSA) is 21.3 Å². The highest BCUT2D eigenvalue weighted by Crippen LogP contribution is 2.20. The SMILES string of the molecule is CCCCOc1ccc(CC2CCNCC2)cc1. The first-order valence-electron chi connectivity index (χ1n) is 7.31. The second-order valence-corrected chi connectivity index (χ2v) is 5.24. The molecule has 2 heteroatoms. The minimum Gasteiger partial charge on any atom is -0.494 e. The van der Waals surface area contributed by atoms with E-state index in [1.54, 1.807) is 0 Å². The third-order valence-electron chi connectivity index (χ3n) is 3.67. The van der Waals surface area contributed by atoms with Crippen LogP contribution in [0, 0.1) is 5.92 Å². The van der Waals surface area contributed by atoms with Crippen molar-refractivity contribution in [3.8, 4) is 5.75 Å². The van der Waals surface area contributed by atoms with Gasteiger partial charge in [-0.25, -0.2) is 0 Å². The van der Waals surface area contributed by atoms with E-state index in [9.17, 15) is 0 Å². The monoisotopic (exact) mass is 247 g/mol. The van der Waals surface area contributed by atoms with Crippen molar-refractivity contribution in [3.05, 3.63) is 29.8 Å². The molecule has 0 aliphatic carbocycles. The summed E-state index contributed by atoms with van der Waals surface area (Å²) in [6, 6.07) is 8.69. The van der Waals surface area contributed by atoms with Crippen LogP contribution in [0.2, 0.25) is 0 Å². The number of piperidine rings is 1. The van der Waals surface area contributed by atoms with E-state index in [-0.39, 0.29) is 0 Å². The lowest BCUT2D eigenvalue weighted by atomic mass is 9.91. The van der Waals surface area contributed by atoms with Gasteiger partial charge in [0.1, 0.15) is 5.75 Å². The lowest BCUT2D eigenvalue weighted by Gasteiger charge is -2.22. The summed E-state index contributed by atoms with van der Waals surface area (Å²) in [5.74, 6) is 1.87. The third-order valence-corrected chi connectivity index (χ3v) is 3.67. The van der Waals surface area contributed by atoms with Gasteiger partial charge in [-0.05, 0) is 62.4 Å². The van der Waals surface area contributed by atoms with Crippen LogP contribution in [0.1, 0.15) is 38.2 Å². The van der Waals surface area contributed by atoms with Crippen molar-refractivity contribution in [1.29, 1.82) is 0 Å². The first-order valence-corrected chi connectivity index (χ1v) is 7.31. The van der Waals surface area contributed by atoms with Gasteiger partial charge in [0.25, 0.3) is 0 Å². The number of rotatable bonds is 6. The van der Waals surface area contributed by atoms with Crippen LogP contribution in [-0.2, 0) is 6.42 Å². The lowest BCUT2D eigenvalue weighted by molar-refractivity contribution is 0.309. The molecular formula is C16H25NO. The zero-order valence-corrected chi connectivity index (χ0v) is 11.5. The van der Waals surface area contributed by atoms with E-state index < -0.39 is 0 Å². The number of nitrogens with one attached hydrogen (secondary N) is 1. The number of benzene rings is 1. The van der Waals surface area contributed by atoms with E-state index in [1.807, 2.05) is 0 Å². The maximum atomic E-state index is 5.68. The third kappa shape index (κ3) is 4.34. The second-order valence-electron chi connectivity index (χ2n) is 5.24. The summed E-state index contributed by atoms with van der Waals surface area (Å²) >= 11 is 0. The van der Waals surface area contributed by atoms with E-state index in [1.165, 1.54) is 44.3 Å². The molecule has 0 saturated carbocycles. The van der Waals surface area contributed by atoms with Crippen molar-refractivity contribution in [1.82, 2.24) is 5.32 Å². The molecule has 1 aliphatic heterocycles. The van der Waals surface area contributed by atoms with E-state index >= 15 is 0 Å². The van der Waals surface area contributed by atoms with E-state index in [0.717, 1.165) is 24.7 Å². The van der Waals surface area contributed by atoms with Gasteiger partial charge >= 0.3 is 0 Å². The van der Waals surface area contributed by atoms with E-state index in [2.05, 4.69) is 36.5 Å². The van der Waals surface area contributed by atoms with Crippen molar-refractivity contribution in [3.63, 3.8) is 0 Å². The zero-order valence-electron chi connectivity index (χ0n) is 11.5. The minimum absolute atomic E-state index is 0.837. The first-order chi connectivity index (χ1) is 8.88. The van der Waals surface area contributed by atoms with Crippen molar-refractivity contribution in [2.75, 3.05) is 19.7 Å². The Labute approximate surface area is 111 Å². The predicted octanol–water partition coefficient (Wildman–Crippen LogP) is 3.41. The van der Waals surface area contributed by atoms with Crippen LogP contribution >= 0.6 is 0 Å². The lowest BCUT2D eigenvalue weighted by Crippen LogP contribution is -2.28. The van der Waals surface area contributed by atoms with Crippen LogP contribution in [0.25, 0.3) is 0 Å². The van der Waals surface area contributed by atoms with Gasteiger partial charge in [0.2, 0.25) is 0 Å². The molecule has 0 radical (unpaired) electrons. The molecule has 100 valence electrons. The fourth-order valence-electron chi connectivity index (χ4n) is 2.48. The normalized spacial score (nSPS) is 16.7. The highest BCUT2D eigenvalue weighted by atomic mass is 16.5. The summed E-state index contributed by atoms with van der Waals surface area (Å²) in [5, 5.41) is 3.42. The van der Waals surface area contributed by atoms with Crippen LogP contribution in [0.4, 0.5) is 0 Å². The average Bonchev–Trinajstić information content (AvgIpc) is 2.42. The summed E-state index contributed by atoms with van der Waals surface area (Å²) in [5.41, 5.74) is 1.45. The molecule has 18 heavy (non-hydrogen) atoms. The van der Waals surface area contributed by atoms with Gasteiger partial charge in [-0.2, -0.15) is 0 Å². The molecule has 2 rings (SSSR count). The molecule has 2 nitrogen and oxygen atoms in total. The zero-order chi connectivity index (χ0) is 12.6. The Bertz CT molecular complexity index is 327. The van der Waals surface area contributed by atoms with Crippen LogP contribution < -0.4 is 10.1 Å². The first kappa shape index (κ1) is 13.4. The Morgan fingerprint density at radius 1 is 1.17 bits per heavy atom. The summed E-state index contributed by atoms with van der Waals surface area (Å²) in [6.45, 7) is 5.39. The Balaban J connectivity index is 1.79.